The van der Waals surface area contributed by atoms with E-state index in [4.69, 9.17) is 4.74 Å². The van der Waals surface area contributed by atoms with Gasteiger partial charge in [0.05, 0.1) is 19.2 Å². The third kappa shape index (κ3) is 2.84. The summed E-state index contributed by atoms with van der Waals surface area (Å²) in [5.41, 5.74) is 3.41. The molecule has 1 aromatic carbocycles. The fourth-order valence-corrected chi connectivity index (χ4v) is 3.44. The second kappa shape index (κ2) is 6.06. The highest BCUT2D eigenvalue weighted by atomic mass is 16.5. The summed E-state index contributed by atoms with van der Waals surface area (Å²) in [4.78, 5) is 11.0. The van der Waals surface area contributed by atoms with Gasteiger partial charge >= 0.3 is 0 Å². The van der Waals surface area contributed by atoms with Crippen LogP contribution in [-0.2, 0) is 0 Å². The summed E-state index contributed by atoms with van der Waals surface area (Å²) in [6.45, 7) is 5.86. The Morgan fingerprint density at radius 1 is 1.12 bits per heavy atom. The maximum Gasteiger partial charge on any atom is 0.134 e. The van der Waals surface area contributed by atoms with Gasteiger partial charge in [-0.05, 0) is 37.8 Å². The number of aryl methyl sites for hydroxylation is 2. The van der Waals surface area contributed by atoms with E-state index in [2.05, 4.69) is 53.0 Å². The smallest absolute Gasteiger partial charge is 0.134 e. The first-order chi connectivity index (χ1) is 11.6. The van der Waals surface area contributed by atoms with Crippen molar-refractivity contribution in [3.8, 4) is 5.75 Å². The van der Waals surface area contributed by atoms with Crippen molar-refractivity contribution in [2.75, 3.05) is 18.0 Å². The van der Waals surface area contributed by atoms with E-state index in [1.54, 1.807) is 6.33 Å². The van der Waals surface area contributed by atoms with Gasteiger partial charge in [-0.15, -0.1) is 0 Å². The second-order valence-electron chi connectivity index (χ2n) is 6.99. The summed E-state index contributed by atoms with van der Waals surface area (Å²) in [6, 6.07) is 8.29. The Bertz CT molecular complexity index is 717. The van der Waals surface area contributed by atoms with Crippen LogP contribution in [0.4, 0.5) is 5.82 Å². The van der Waals surface area contributed by atoms with Crippen molar-refractivity contribution in [2.45, 2.75) is 44.8 Å². The molecule has 126 valence electrons. The summed E-state index contributed by atoms with van der Waals surface area (Å²) < 4.78 is 6.17. The molecule has 5 heteroatoms. The monoisotopic (exact) mass is 325 g/mol. The maximum atomic E-state index is 9.46. The quantitative estimate of drug-likeness (QED) is 0.936. The van der Waals surface area contributed by atoms with Crippen molar-refractivity contribution in [3.63, 3.8) is 0 Å². The van der Waals surface area contributed by atoms with E-state index in [0.717, 1.165) is 43.2 Å². The normalized spacial score (nSPS) is 23.5. The van der Waals surface area contributed by atoms with E-state index in [9.17, 15) is 5.11 Å². The predicted molar refractivity (Wildman–Crippen MR) is 92.6 cm³/mol. The minimum atomic E-state index is -0.160. The second-order valence-corrected chi connectivity index (χ2v) is 6.99. The van der Waals surface area contributed by atoms with Crippen molar-refractivity contribution in [3.05, 3.63) is 47.4 Å². The number of para-hydroxylation sites is 1. The molecule has 1 aliphatic heterocycles. The van der Waals surface area contributed by atoms with Crippen LogP contribution in [0, 0.1) is 13.8 Å². The van der Waals surface area contributed by atoms with E-state index in [1.165, 1.54) is 11.1 Å². The molecule has 0 radical (unpaired) electrons. The number of ether oxygens (including phenoxy) is 1. The highest BCUT2D eigenvalue weighted by Gasteiger charge is 2.33. The molecule has 2 aliphatic rings. The van der Waals surface area contributed by atoms with Gasteiger partial charge in [-0.2, -0.15) is 0 Å². The molecule has 0 atom stereocenters. The van der Waals surface area contributed by atoms with Gasteiger partial charge in [-0.3, -0.25) is 0 Å². The Morgan fingerprint density at radius 3 is 2.50 bits per heavy atom. The molecule has 5 nitrogen and oxygen atoms in total. The predicted octanol–water partition coefficient (Wildman–Crippen LogP) is 2.60. The molecule has 1 aromatic heterocycles. The van der Waals surface area contributed by atoms with Gasteiger partial charge in [0.1, 0.15) is 24.0 Å². The maximum absolute atomic E-state index is 9.46. The van der Waals surface area contributed by atoms with Crippen LogP contribution in [0.5, 0.6) is 5.75 Å². The Labute approximate surface area is 142 Å². The Kier molecular flexibility index (Phi) is 3.88. The van der Waals surface area contributed by atoms with Crippen LogP contribution in [0.2, 0.25) is 0 Å². The molecule has 1 saturated heterocycles. The van der Waals surface area contributed by atoms with Gasteiger partial charge in [0.2, 0.25) is 0 Å². The van der Waals surface area contributed by atoms with Crippen molar-refractivity contribution in [1.29, 1.82) is 0 Å². The number of aromatic nitrogens is 2. The van der Waals surface area contributed by atoms with Crippen LogP contribution in [0.3, 0.4) is 0 Å². The van der Waals surface area contributed by atoms with Gasteiger partial charge in [0.15, 0.2) is 0 Å². The lowest BCUT2D eigenvalue weighted by Gasteiger charge is -2.40. The lowest BCUT2D eigenvalue weighted by Crippen LogP contribution is -2.54. The molecule has 2 heterocycles. The fraction of sp³-hybridized carbons (Fsp3) is 0.474. The first-order valence-electron chi connectivity index (χ1n) is 8.58. The lowest BCUT2D eigenvalue weighted by atomic mass is 9.80. The summed E-state index contributed by atoms with van der Waals surface area (Å²) in [5, 5.41) is 9.46. The Hall–Kier alpha value is -2.14. The summed E-state index contributed by atoms with van der Waals surface area (Å²) in [5.74, 6) is 2.35. The van der Waals surface area contributed by atoms with Gasteiger partial charge in [-0.1, -0.05) is 18.2 Å². The highest BCUT2D eigenvalue weighted by molar-refractivity contribution is 5.45. The number of aliphatic hydroxyl groups is 1. The molecule has 2 aromatic rings. The molecule has 0 amide bonds. The topological polar surface area (TPSA) is 58.5 Å². The minimum Gasteiger partial charge on any atom is -0.486 e. The van der Waals surface area contributed by atoms with Crippen LogP contribution in [-0.4, -0.2) is 40.4 Å². The van der Waals surface area contributed by atoms with Crippen LogP contribution in [0.1, 0.15) is 35.6 Å². The molecule has 0 bridgehead atoms. The number of hydrogen-bond acceptors (Lipinski definition) is 5. The molecule has 4 rings (SSSR count). The summed E-state index contributed by atoms with van der Waals surface area (Å²) >= 11 is 0. The largest absolute Gasteiger partial charge is 0.486 e. The van der Waals surface area contributed by atoms with Gasteiger partial charge in [-0.25, -0.2) is 9.97 Å². The van der Waals surface area contributed by atoms with Crippen molar-refractivity contribution < 1.29 is 9.84 Å². The third-order valence-corrected chi connectivity index (χ3v) is 5.07. The van der Waals surface area contributed by atoms with Crippen molar-refractivity contribution in [1.82, 2.24) is 9.97 Å². The molecule has 24 heavy (non-hydrogen) atoms. The number of anilines is 1. The standard InChI is InChI=1S/C19H23N3O2/c1-12-4-3-5-13(2)19(12)24-16-9-22(10-16)18-8-17(20-11-21-18)14-6-15(23)7-14/h3-5,8,11,14-16,23H,6-7,9-10H2,1-2H3. The van der Waals surface area contributed by atoms with Crippen LogP contribution >= 0.6 is 0 Å². The zero-order valence-electron chi connectivity index (χ0n) is 14.1. The third-order valence-electron chi connectivity index (χ3n) is 5.07. The average Bonchev–Trinajstić information content (AvgIpc) is 2.50. The van der Waals surface area contributed by atoms with Crippen LogP contribution < -0.4 is 9.64 Å². The van der Waals surface area contributed by atoms with Crippen molar-refractivity contribution >= 4 is 5.82 Å². The van der Waals surface area contributed by atoms with E-state index < -0.39 is 0 Å². The minimum absolute atomic E-state index is 0.160. The number of nitrogens with zero attached hydrogens (tertiary/aromatic N) is 3. The van der Waals surface area contributed by atoms with Gasteiger partial charge < -0.3 is 14.7 Å². The Morgan fingerprint density at radius 2 is 1.83 bits per heavy atom. The number of hydrogen-bond donors (Lipinski definition) is 1. The van der Waals surface area contributed by atoms with E-state index in [-0.39, 0.29) is 12.2 Å². The van der Waals surface area contributed by atoms with Gasteiger partial charge in [0, 0.05) is 17.7 Å². The average molecular weight is 325 g/mol. The molecule has 1 N–H and O–H groups in total. The number of benzene rings is 1. The molecular weight excluding hydrogens is 302 g/mol. The SMILES string of the molecule is Cc1cccc(C)c1OC1CN(c2cc(C3CC(O)C3)ncn2)C1. The van der Waals surface area contributed by atoms with E-state index >= 15 is 0 Å². The van der Waals surface area contributed by atoms with Crippen molar-refractivity contribution in [2.24, 2.45) is 0 Å². The molecule has 1 aliphatic carbocycles. The molecule has 2 fully saturated rings. The summed E-state index contributed by atoms with van der Waals surface area (Å²) in [6.07, 6.45) is 3.31. The Balaban J connectivity index is 1.38. The van der Waals surface area contributed by atoms with Crippen LogP contribution in [0.15, 0.2) is 30.6 Å². The molecule has 0 unspecified atom stereocenters. The first kappa shape index (κ1) is 15.4. The van der Waals surface area contributed by atoms with E-state index in [0.29, 0.717) is 5.92 Å². The highest BCUT2D eigenvalue weighted by Crippen LogP contribution is 2.37. The van der Waals surface area contributed by atoms with Gasteiger partial charge in [0.25, 0.3) is 0 Å². The summed E-state index contributed by atoms with van der Waals surface area (Å²) in [7, 11) is 0. The lowest BCUT2D eigenvalue weighted by molar-refractivity contribution is 0.0732. The molecule has 1 saturated carbocycles. The zero-order chi connectivity index (χ0) is 16.7. The number of rotatable bonds is 4. The van der Waals surface area contributed by atoms with E-state index in [1.807, 2.05) is 0 Å². The fourth-order valence-electron chi connectivity index (χ4n) is 3.44. The van der Waals surface area contributed by atoms with Crippen LogP contribution in [0.25, 0.3) is 0 Å². The first-order valence-corrected chi connectivity index (χ1v) is 8.58. The molecular formula is C19H23N3O2. The molecule has 0 spiro atoms. The zero-order valence-corrected chi connectivity index (χ0v) is 14.1. The number of aliphatic hydroxyl groups excluding tert-OH is 1.